The van der Waals surface area contributed by atoms with E-state index in [9.17, 15) is 20.1 Å². The minimum atomic E-state index is -0.140. The standard InChI is InChI=1S/2C37H21N3O/c38-22-26-16-17-29-34-30(19-18-28(33(26)34)24-12-6-2-7-13-24)37(41)40-32-21-27(23-10-4-1-5-11-23)20-31(35(32)39-36(29)40)25-14-8-3-9-15-25;38-22-26-16-17-29-34-30(19-18-28(33(26)34)24-12-6-2-7-13-24)37(41)40-35-31(25-14-8-3-9-15-25)20-27(21-32(35)39-36(29)40)23-10-4-1-5-11-23/h2*1-21H. The van der Waals surface area contributed by atoms with Gasteiger partial charge in [-0.3, -0.25) is 18.4 Å². The number of aromatic nitrogens is 4. The van der Waals surface area contributed by atoms with Crippen LogP contribution in [-0.4, -0.2) is 18.8 Å². The smallest absolute Gasteiger partial charge is 0.264 e. The molecule has 4 heterocycles. The van der Waals surface area contributed by atoms with Gasteiger partial charge in [0, 0.05) is 54.2 Å². The first kappa shape index (κ1) is 47.6. The fourth-order valence-electron chi connectivity index (χ4n) is 12.3. The zero-order chi connectivity index (χ0) is 55.0. The minimum absolute atomic E-state index is 0.139. The van der Waals surface area contributed by atoms with Crippen molar-refractivity contribution in [2.75, 3.05) is 0 Å². The highest BCUT2D eigenvalue weighted by Crippen LogP contribution is 2.43. The second-order valence-electron chi connectivity index (χ2n) is 20.5. The Morgan fingerprint density at radius 1 is 0.317 bits per heavy atom. The molecule has 8 nitrogen and oxygen atoms in total. The van der Waals surface area contributed by atoms with Gasteiger partial charge in [0.05, 0.1) is 45.3 Å². The Hall–Kier alpha value is -11.6. The van der Waals surface area contributed by atoms with Crippen LogP contribution in [0.1, 0.15) is 11.1 Å². The van der Waals surface area contributed by atoms with Gasteiger partial charge < -0.3 is 0 Å². The van der Waals surface area contributed by atoms with Crippen LogP contribution in [0.15, 0.2) is 264 Å². The summed E-state index contributed by atoms with van der Waals surface area (Å²) >= 11 is 0. The normalized spacial score (nSPS) is 11.5. The van der Waals surface area contributed by atoms with E-state index in [1.807, 2.05) is 182 Å². The van der Waals surface area contributed by atoms with Gasteiger partial charge in [-0.05, 0) is 116 Å². The Balaban J connectivity index is 0.000000140. The lowest BCUT2D eigenvalue weighted by Gasteiger charge is -2.14. The Morgan fingerprint density at radius 2 is 0.695 bits per heavy atom. The summed E-state index contributed by atoms with van der Waals surface area (Å²) in [6.45, 7) is 0. The molecular weight excluding hydrogens is 1000 g/mol. The third-order valence-electron chi connectivity index (χ3n) is 16.0. The molecule has 16 aromatic rings. The Labute approximate surface area is 468 Å². The van der Waals surface area contributed by atoms with E-state index in [0.29, 0.717) is 33.2 Å². The maximum absolute atomic E-state index is 14.4. The van der Waals surface area contributed by atoms with E-state index in [4.69, 9.17) is 9.97 Å². The van der Waals surface area contributed by atoms with Gasteiger partial charge in [-0.15, -0.1) is 0 Å². The number of hydrogen-bond acceptors (Lipinski definition) is 6. The second kappa shape index (κ2) is 19.1. The van der Waals surface area contributed by atoms with Crippen molar-refractivity contribution in [3.05, 3.63) is 287 Å². The molecule has 0 unspecified atom stereocenters. The number of nitrogens with zero attached hydrogens (tertiary/aromatic N) is 6. The molecule has 0 N–H and O–H groups in total. The van der Waals surface area contributed by atoms with Gasteiger partial charge >= 0.3 is 0 Å². The Morgan fingerprint density at radius 3 is 1.16 bits per heavy atom. The molecule has 82 heavy (non-hydrogen) atoms. The summed E-state index contributed by atoms with van der Waals surface area (Å²) in [7, 11) is 0. The number of nitriles is 2. The highest BCUT2D eigenvalue weighted by Gasteiger charge is 2.25. The molecule has 0 fully saturated rings. The molecule has 0 saturated carbocycles. The first-order valence-electron chi connectivity index (χ1n) is 27.0. The summed E-state index contributed by atoms with van der Waals surface area (Å²) in [5.41, 5.74) is 17.1. The first-order valence-corrected chi connectivity index (χ1v) is 27.0. The van der Waals surface area contributed by atoms with Crippen LogP contribution in [0, 0.1) is 22.7 Å². The van der Waals surface area contributed by atoms with Gasteiger partial charge in [0.1, 0.15) is 11.3 Å². The van der Waals surface area contributed by atoms with Crippen molar-refractivity contribution in [2.45, 2.75) is 0 Å². The number of rotatable bonds is 6. The van der Waals surface area contributed by atoms with Gasteiger partial charge in [0.25, 0.3) is 11.1 Å². The summed E-state index contributed by atoms with van der Waals surface area (Å²) in [6.07, 6.45) is 0. The van der Waals surface area contributed by atoms with Gasteiger partial charge in [0.15, 0.2) is 0 Å². The molecule has 0 bridgehead atoms. The van der Waals surface area contributed by atoms with E-state index in [2.05, 4.69) is 84.9 Å². The topological polar surface area (TPSA) is 116 Å². The predicted octanol–water partition coefficient (Wildman–Crippen LogP) is 16.9. The van der Waals surface area contributed by atoms with Crippen molar-refractivity contribution in [1.29, 1.82) is 10.5 Å². The zero-order valence-corrected chi connectivity index (χ0v) is 43.7. The maximum Gasteiger partial charge on any atom is 0.264 e. The highest BCUT2D eigenvalue weighted by atomic mass is 16.1. The number of pyridine rings is 2. The maximum atomic E-state index is 14.4. The van der Waals surface area contributed by atoms with Crippen LogP contribution in [0.3, 0.4) is 0 Å². The number of imidazole rings is 2. The van der Waals surface area contributed by atoms with Crippen molar-refractivity contribution >= 4 is 76.5 Å². The van der Waals surface area contributed by atoms with Gasteiger partial charge in [-0.2, -0.15) is 10.5 Å². The summed E-state index contributed by atoms with van der Waals surface area (Å²) in [5.74, 6) is 0. The number of fused-ring (bicyclic) bond motifs is 8. The van der Waals surface area contributed by atoms with Crippen molar-refractivity contribution in [3.63, 3.8) is 0 Å². The average Bonchev–Trinajstić information content (AvgIpc) is 2.99. The van der Waals surface area contributed by atoms with Crippen LogP contribution in [0.25, 0.3) is 143 Å². The van der Waals surface area contributed by atoms with Crippen LogP contribution in [-0.2, 0) is 0 Å². The summed E-state index contributed by atoms with van der Waals surface area (Å²) < 4.78 is 3.51. The lowest BCUT2D eigenvalue weighted by molar-refractivity contribution is 1.19. The predicted molar refractivity (Wildman–Crippen MR) is 332 cm³/mol. The lowest BCUT2D eigenvalue weighted by Crippen LogP contribution is -2.14. The molecule has 8 heteroatoms. The van der Waals surface area contributed by atoms with E-state index in [-0.39, 0.29) is 11.1 Å². The second-order valence-corrected chi connectivity index (χ2v) is 20.5. The SMILES string of the molecule is N#Cc1ccc2c3c1c(-c1ccccc1)ccc3c(=O)n1c2nc2cc(-c3ccccc3)cc(-c3ccccc3)c21.N#Cc1ccc2c3c1c(-c1ccccc1)ccc3c(=O)n1c3cc(-c4ccccc4)cc(-c4ccccc4)c3nc21. The van der Waals surface area contributed by atoms with Crippen molar-refractivity contribution < 1.29 is 0 Å². The number of benzene rings is 12. The van der Waals surface area contributed by atoms with Crippen LogP contribution in [0.5, 0.6) is 0 Å². The first-order chi connectivity index (χ1) is 40.4. The average molecular weight is 1050 g/mol. The van der Waals surface area contributed by atoms with Crippen molar-refractivity contribution in [2.24, 2.45) is 0 Å². The highest BCUT2D eigenvalue weighted by molar-refractivity contribution is 6.23. The third kappa shape index (κ3) is 7.44. The molecule has 0 aliphatic carbocycles. The fraction of sp³-hybridized carbons (Fsp3) is 0. The molecule has 0 radical (unpaired) electrons. The molecule has 380 valence electrons. The Bertz CT molecular complexity index is 5310. The summed E-state index contributed by atoms with van der Waals surface area (Å²) in [4.78, 5) is 39.0. The molecule has 12 aromatic carbocycles. The molecule has 0 spiro atoms. The summed E-state index contributed by atoms with van der Waals surface area (Å²) in [6, 6.07) is 89.2. The molecule has 0 amide bonds. The summed E-state index contributed by atoms with van der Waals surface area (Å²) in [5, 5.41) is 26.2. The van der Waals surface area contributed by atoms with Crippen LogP contribution < -0.4 is 11.1 Å². The van der Waals surface area contributed by atoms with E-state index in [1.165, 1.54) is 0 Å². The van der Waals surface area contributed by atoms with E-state index >= 15 is 0 Å². The quantitative estimate of drug-likeness (QED) is 0.164. The molecule has 0 atom stereocenters. The molecular formula is C74H42N6O2. The van der Waals surface area contributed by atoms with E-state index in [1.54, 1.807) is 8.80 Å². The zero-order valence-electron chi connectivity index (χ0n) is 43.7. The van der Waals surface area contributed by atoms with Gasteiger partial charge in [-0.25, -0.2) is 9.97 Å². The molecule has 4 aromatic heterocycles. The monoisotopic (exact) mass is 1050 g/mol. The molecule has 0 saturated heterocycles. The van der Waals surface area contributed by atoms with Crippen LogP contribution in [0.4, 0.5) is 0 Å². The minimum Gasteiger partial charge on any atom is -0.268 e. The van der Waals surface area contributed by atoms with Crippen molar-refractivity contribution in [3.8, 4) is 78.9 Å². The van der Waals surface area contributed by atoms with E-state index < -0.39 is 0 Å². The van der Waals surface area contributed by atoms with Crippen molar-refractivity contribution in [1.82, 2.24) is 18.8 Å². The van der Waals surface area contributed by atoms with E-state index in [0.717, 1.165) is 121 Å². The van der Waals surface area contributed by atoms with Gasteiger partial charge in [0.2, 0.25) is 0 Å². The van der Waals surface area contributed by atoms with Crippen LogP contribution in [0.2, 0.25) is 0 Å². The lowest BCUT2D eigenvalue weighted by atomic mass is 9.91. The largest absolute Gasteiger partial charge is 0.268 e. The fourth-order valence-corrected chi connectivity index (χ4v) is 12.3. The number of hydrogen-bond donors (Lipinski definition) is 0. The molecule has 0 aliphatic heterocycles. The van der Waals surface area contributed by atoms with Gasteiger partial charge in [-0.1, -0.05) is 194 Å². The molecule has 0 aliphatic rings. The molecule has 16 rings (SSSR count). The Kier molecular flexibility index (Phi) is 11.1. The third-order valence-corrected chi connectivity index (χ3v) is 16.0. The van der Waals surface area contributed by atoms with Crippen LogP contribution >= 0.6 is 0 Å².